The number of pyridine rings is 1. The van der Waals surface area contributed by atoms with Gasteiger partial charge in [-0.05, 0) is 30.3 Å². The van der Waals surface area contributed by atoms with Gasteiger partial charge in [0, 0.05) is 26.5 Å². The van der Waals surface area contributed by atoms with Gasteiger partial charge in [0.05, 0.1) is 18.5 Å². The van der Waals surface area contributed by atoms with Gasteiger partial charge < -0.3 is 10.1 Å². The molecule has 0 radical (unpaired) electrons. The number of nitrogens with one attached hydrogen (secondary N) is 1. The molecule has 0 aliphatic heterocycles. The van der Waals surface area contributed by atoms with Crippen LogP contribution in [0.5, 0.6) is 5.75 Å². The van der Waals surface area contributed by atoms with Crippen molar-refractivity contribution in [2.75, 3.05) is 30.8 Å². The lowest BCUT2D eigenvalue weighted by atomic mass is 10.3. The molecule has 0 spiro atoms. The summed E-state index contributed by atoms with van der Waals surface area (Å²) in [4.78, 5) is 4.03. The Morgan fingerprint density at radius 3 is 2.43 bits per heavy atom. The largest absolute Gasteiger partial charge is 0.497 e. The van der Waals surface area contributed by atoms with Gasteiger partial charge in [-0.1, -0.05) is 0 Å². The molecule has 0 unspecified atom stereocenters. The molecule has 0 aliphatic carbocycles. The van der Waals surface area contributed by atoms with Crippen molar-refractivity contribution in [3.8, 4) is 5.75 Å². The third kappa shape index (κ3) is 2.92. The molecule has 2 aromatic rings. The van der Waals surface area contributed by atoms with Gasteiger partial charge in [0.15, 0.2) is 0 Å². The van der Waals surface area contributed by atoms with Crippen LogP contribution < -0.4 is 14.4 Å². The zero-order valence-electron chi connectivity index (χ0n) is 12.1. The number of hydrogen-bond acceptors (Lipinski definition) is 5. The van der Waals surface area contributed by atoms with E-state index in [9.17, 15) is 8.42 Å². The highest BCUT2D eigenvalue weighted by Crippen LogP contribution is 2.27. The van der Waals surface area contributed by atoms with Crippen molar-refractivity contribution in [1.82, 2.24) is 4.98 Å². The fourth-order valence-corrected chi connectivity index (χ4v) is 3.21. The predicted molar refractivity (Wildman–Crippen MR) is 82.4 cm³/mol. The van der Waals surface area contributed by atoms with Crippen LogP contribution in [0.2, 0.25) is 0 Å². The molecule has 1 heterocycles. The predicted octanol–water partition coefficient (Wildman–Crippen LogP) is 1.96. The number of anilines is 2. The monoisotopic (exact) mass is 307 g/mol. The minimum atomic E-state index is -3.69. The van der Waals surface area contributed by atoms with Crippen LogP contribution >= 0.6 is 0 Å². The molecule has 0 atom stereocenters. The van der Waals surface area contributed by atoms with E-state index >= 15 is 0 Å². The summed E-state index contributed by atoms with van der Waals surface area (Å²) in [7, 11) is 1.04. The van der Waals surface area contributed by atoms with Gasteiger partial charge in [0.1, 0.15) is 10.6 Å². The van der Waals surface area contributed by atoms with E-state index in [2.05, 4.69) is 10.3 Å². The third-order valence-corrected chi connectivity index (χ3v) is 4.94. The number of methoxy groups -OCH3 is 1. The molecule has 1 aromatic carbocycles. The summed E-state index contributed by atoms with van der Waals surface area (Å²) in [6.07, 6.45) is 2.87. The molecule has 112 valence electrons. The van der Waals surface area contributed by atoms with Crippen LogP contribution in [0.1, 0.15) is 0 Å². The van der Waals surface area contributed by atoms with Crippen molar-refractivity contribution in [1.29, 1.82) is 0 Å². The van der Waals surface area contributed by atoms with Crippen LogP contribution in [-0.2, 0) is 10.0 Å². The van der Waals surface area contributed by atoms with Gasteiger partial charge in [0.2, 0.25) is 0 Å². The Labute approximate surface area is 124 Å². The molecule has 0 saturated heterocycles. The first-order chi connectivity index (χ1) is 10.0. The highest BCUT2D eigenvalue weighted by atomic mass is 32.2. The van der Waals surface area contributed by atoms with Crippen LogP contribution in [0, 0.1) is 0 Å². The van der Waals surface area contributed by atoms with E-state index in [4.69, 9.17) is 4.74 Å². The van der Waals surface area contributed by atoms with E-state index in [-0.39, 0.29) is 4.90 Å². The maximum absolute atomic E-state index is 12.7. The summed E-state index contributed by atoms with van der Waals surface area (Å²) >= 11 is 0. The average molecular weight is 307 g/mol. The van der Waals surface area contributed by atoms with Crippen molar-refractivity contribution in [3.05, 3.63) is 42.7 Å². The summed E-state index contributed by atoms with van der Waals surface area (Å²) in [5.74, 6) is 0.668. The van der Waals surface area contributed by atoms with Gasteiger partial charge in [-0.2, -0.15) is 0 Å². The minimum Gasteiger partial charge on any atom is -0.497 e. The van der Waals surface area contributed by atoms with Gasteiger partial charge in [-0.25, -0.2) is 8.42 Å². The molecule has 1 N–H and O–H groups in total. The zero-order chi connectivity index (χ0) is 15.5. The van der Waals surface area contributed by atoms with Crippen molar-refractivity contribution < 1.29 is 13.2 Å². The second kappa shape index (κ2) is 6.01. The minimum absolute atomic E-state index is 0.130. The summed E-state index contributed by atoms with van der Waals surface area (Å²) in [6.45, 7) is 0. The van der Waals surface area contributed by atoms with E-state index in [0.29, 0.717) is 17.1 Å². The number of nitrogens with zero attached hydrogens (tertiary/aromatic N) is 2. The fraction of sp³-hybridized carbons (Fsp3) is 0.214. The lowest BCUT2D eigenvalue weighted by Crippen LogP contribution is -2.27. The quantitative estimate of drug-likeness (QED) is 0.914. The second-order valence-corrected chi connectivity index (χ2v) is 6.23. The van der Waals surface area contributed by atoms with E-state index in [1.165, 1.54) is 23.7 Å². The normalized spacial score (nSPS) is 11.0. The standard InChI is InChI=1S/C14H17N3O3S/c1-15-13-8-9-16-10-14(13)21(18,19)17(2)11-4-6-12(20-3)7-5-11/h4-10H,1-3H3,(H,15,16). The molecule has 1 aromatic heterocycles. The van der Waals surface area contributed by atoms with E-state index in [1.54, 1.807) is 44.5 Å². The Hall–Kier alpha value is -2.28. The first-order valence-corrected chi connectivity index (χ1v) is 7.69. The number of sulfonamides is 1. The lowest BCUT2D eigenvalue weighted by Gasteiger charge is -2.21. The third-order valence-electron chi connectivity index (χ3n) is 3.13. The van der Waals surface area contributed by atoms with Crippen LogP contribution in [0.4, 0.5) is 11.4 Å². The maximum Gasteiger partial charge on any atom is 0.267 e. The molecule has 0 bridgehead atoms. The van der Waals surface area contributed by atoms with Crippen molar-refractivity contribution in [2.45, 2.75) is 4.90 Å². The smallest absolute Gasteiger partial charge is 0.267 e. The molecule has 0 saturated carbocycles. The molecular weight excluding hydrogens is 290 g/mol. The van der Waals surface area contributed by atoms with E-state index < -0.39 is 10.0 Å². The van der Waals surface area contributed by atoms with E-state index in [0.717, 1.165) is 0 Å². The number of rotatable bonds is 5. The number of hydrogen-bond donors (Lipinski definition) is 1. The Morgan fingerprint density at radius 1 is 1.19 bits per heavy atom. The highest BCUT2D eigenvalue weighted by molar-refractivity contribution is 7.93. The first kappa shape index (κ1) is 15.1. The van der Waals surface area contributed by atoms with Crippen LogP contribution in [-0.4, -0.2) is 34.6 Å². The second-order valence-electron chi connectivity index (χ2n) is 4.29. The summed E-state index contributed by atoms with van der Waals surface area (Å²) in [5.41, 5.74) is 1.05. The molecule has 0 aliphatic rings. The summed E-state index contributed by atoms with van der Waals surface area (Å²) in [5, 5.41) is 2.86. The van der Waals surface area contributed by atoms with Gasteiger partial charge in [-0.3, -0.25) is 9.29 Å². The Kier molecular flexibility index (Phi) is 4.32. The first-order valence-electron chi connectivity index (χ1n) is 6.25. The molecule has 6 nitrogen and oxygen atoms in total. The summed E-state index contributed by atoms with van der Waals surface area (Å²) in [6, 6.07) is 8.42. The van der Waals surface area contributed by atoms with Crippen LogP contribution in [0.3, 0.4) is 0 Å². The number of benzene rings is 1. The average Bonchev–Trinajstić information content (AvgIpc) is 2.54. The SMILES string of the molecule is CNc1ccncc1S(=O)(=O)N(C)c1ccc(OC)cc1. The van der Waals surface area contributed by atoms with Crippen molar-refractivity contribution in [3.63, 3.8) is 0 Å². The topological polar surface area (TPSA) is 71.5 Å². The lowest BCUT2D eigenvalue weighted by molar-refractivity contribution is 0.415. The summed E-state index contributed by atoms with van der Waals surface area (Å²) < 4.78 is 31.6. The molecule has 7 heteroatoms. The number of aromatic nitrogens is 1. The molecule has 0 amide bonds. The van der Waals surface area contributed by atoms with E-state index in [1.807, 2.05) is 0 Å². The zero-order valence-corrected chi connectivity index (χ0v) is 12.9. The van der Waals surface area contributed by atoms with Gasteiger partial charge in [-0.15, -0.1) is 0 Å². The Bertz CT molecular complexity index is 714. The van der Waals surface area contributed by atoms with Crippen molar-refractivity contribution in [2.24, 2.45) is 0 Å². The molecule has 2 rings (SSSR count). The Balaban J connectivity index is 2.42. The molecular formula is C14H17N3O3S. The Morgan fingerprint density at radius 2 is 1.86 bits per heavy atom. The van der Waals surface area contributed by atoms with Gasteiger partial charge in [0.25, 0.3) is 10.0 Å². The molecule has 0 fully saturated rings. The van der Waals surface area contributed by atoms with Crippen molar-refractivity contribution >= 4 is 21.4 Å². The van der Waals surface area contributed by atoms with Crippen LogP contribution in [0.25, 0.3) is 0 Å². The molecule has 21 heavy (non-hydrogen) atoms. The van der Waals surface area contributed by atoms with Crippen LogP contribution in [0.15, 0.2) is 47.6 Å². The van der Waals surface area contributed by atoms with Gasteiger partial charge >= 0.3 is 0 Å². The fourth-order valence-electron chi connectivity index (χ4n) is 1.87. The maximum atomic E-state index is 12.7. The number of ether oxygens (including phenoxy) is 1. The highest BCUT2D eigenvalue weighted by Gasteiger charge is 2.24.